The maximum atomic E-state index is 13.7. The lowest BCUT2D eigenvalue weighted by Crippen LogP contribution is -2.34. The van der Waals surface area contributed by atoms with E-state index in [4.69, 9.17) is 9.84 Å². The first-order chi connectivity index (χ1) is 8.54. The van der Waals surface area contributed by atoms with Crippen molar-refractivity contribution in [3.63, 3.8) is 0 Å². The summed E-state index contributed by atoms with van der Waals surface area (Å²) in [5.41, 5.74) is -0.0598. The summed E-state index contributed by atoms with van der Waals surface area (Å²) >= 11 is 0. The molecule has 2 rings (SSSR count). The zero-order valence-electron chi connectivity index (χ0n) is 9.63. The summed E-state index contributed by atoms with van der Waals surface area (Å²) in [6, 6.07) is 0. The predicted octanol–water partition coefficient (Wildman–Crippen LogP) is -1.09. The van der Waals surface area contributed by atoms with Crippen LogP contribution in [0.2, 0.25) is 0 Å². The smallest absolute Gasteiger partial charge is 0.255 e. The molecule has 8 heteroatoms. The molecule has 0 radical (unpaired) electrons. The molecule has 0 aromatic carbocycles. The molecule has 4 atom stereocenters. The SMILES string of the molecule is Cc1c(N[C@@H]2O[C@H](CO)[C@@H](O)[C@H]2F)nc[nH]c1=O. The summed E-state index contributed by atoms with van der Waals surface area (Å²) in [6.07, 6.45) is -4.07. The van der Waals surface area contributed by atoms with Gasteiger partial charge in [-0.3, -0.25) is 4.79 Å². The van der Waals surface area contributed by atoms with Gasteiger partial charge in [-0.2, -0.15) is 0 Å². The fourth-order valence-corrected chi connectivity index (χ4v) is 1.74. The van der Waals surface area contributed by atoms with E-state index in [0.29, 0.717) is 0 Å². The summed E-state index contributed by atoms with van der Waals surface area (Å²) in [4.78, 5) is 17.6. The van der Waals surface area contributed by atoms with Crippen molar-refractivity contribution in [3.05, 3.63) is 22.2 Å². The third kappa shape index (κ3) is 2.22. The molecule has 4 N–H and O–H groups in total. The highest BCUT2D eigenvalue weighted by molar-refractivity contribution is 5.42. The van der Waals surface area contributed by atoms with E-state index in [2.05, 4.69) is 15.3 Å². The zero-order valence-corrected chi connectivity index (χ0v) is 9.63. The van der Waals surface area contributed by atoms with E-state index in [1.54, 1.807) is 0 Å². The summed E-state index contributed by atoms with van der Waals surface area (Å²) in [6.45, 7) is 1.04. The molecular formula is C10H14FN3O4. The van der Waals surface area contributed by atoms with Gasteiger partial charge < -0.3 is 25.3 Å². The fraction of sp³-hybridized carbons (Fsp3) is 0.600. The fourth-order valence-electron chi connectivity index (χ4n) is 1.74. The van der Waals surface area contributed by atoms with E-state index in [0.717, 1.165) is 0 Å². The Balaban J connectivity index is 2.15. The van der Waals surface area contributed by atoms with Crippen LogP contribution in [-0.2, 0) is 4.74 Å². The van der Waals surface area contributed by atoms with Gasteiger partial charge in [-0.05, 0) is 6.92 Å². The highest BCUT2D eigenvalue weighted by Gasteiger charge is 2.44. The Kier molecular flexibility index (Phi) is 3.60. The van der Waals surface area contributed by atoms with Crippen LogP contribution < -0.4 is 10.9 Å². The summed E-state index contributed by atoms with van der Waals surface area (Å²) < 4.78 is 18.8. The second-order valence-corrected chi connectivity index (χ2v) is 4.06. The van der Waals surface area contributed by atoms with Crippen LogP contribution in [0.5, 0.6) is 0 Å². The third-order valence-corrected chi connectivity index (χ3v) is 2.86. The molecule has 1 saturated heterocycles. The van der Waals surface area contributed by atoms with Gasteiger partial charge in [-0.1, -0.05) is 0 Å². The number of alkyl halides is 1. The molecule has 1 aliphatic rings. The van der Waals surface area contributed by atoms with Crippen LogP contribution in [-0.4, -0.2) is 51.4 Å². The number of hydrogen-bond donors (Lipinski definition) is 4. The molecule has 1 fully saturated rings. The number of halogens is 1. The third-order valence-electron chi connectivity index (χ3n) is 2.86. The van der Waals surface area contributed by atoms with E-state index >= 15 is 0 Å². The molecule has 0 saturated carbocycles. The van der Waals surface area contributed by atoms with Gasteiger partial charge >= 0.3 is 0 Å². The Morgan fingerprint density at radius 2 is 2.39 bits per heavy atom. The second kappa shape index (κ2) is 5.01. The minimum atomic E-state index is -1.71. The number of anilines is 1. The first-order valence-corrected chi connectivity index (χ1v) is 5.44. The van der Waals surface area contributed by atoms with Crippen molar-refractivity contribution in [3.8, 4) is 0 Å². The molecule has 7 nitrogen and oxygen atoms in total. The van der Waals surface area contributed by atoms with Gasteiger partial charge in [0.25, 0.3) is 5.56 Å². The lowest BCUT2D eigenvalue weighted by atomic mass is 10.1. The van der Waals surface area contributed by atoms with Crippen LogP contribution in [0.3, 0.4) is 0 Å². The van der Waals surface area contributed by atoms with Gasteiger partial charge in [-0.15, -0.1) is 0 Å². The standard InChI is InChI=1S/C10H14FN3O4/c1-4-8(12-3-13-9(4)17)14-10-6(11)7(16)5(2-15)18-10/h3,5-7,10,15-16H,2H2,1H3,(H2,12,13,14,17)/t5-,6-,7-,10-/m1/s1. The Morgan fingerprint density at radius 3 is 3.00 bits per heavy atom. The van der Waals surface area contributed by atoms with Crippen LogP contribution >= 0.6 is 0 Å². The molecule has 0 spiro atoms. The molecule has 0 amide bonds. The zero-order chi connectivity index (χ0) is 13.3. The molecule has 0 bridgehead atoms. The maximum absolute atomic E-state index is 13.7. The van der Waals surface area contributed by atoms with E-state index in [1.165, 1.54) is 13.3 Å². The minimum absolute atomic E-state index is 0.178. The monoisotopic (exact) mass is 259 g/mol. The van der Waals surface area contributed by atoms with Gasteiger partial charge in [-0.25, -0.2) is 9.37 Å². The quantitative estimate of drug-likeness (QED) is 0.549. The average molecular weight is 259 g/mol. The Morgan fingerprint density at radius 1 is 1.67 bits per heavy atom. The van der Waals surface area contributed by atoms with Crippen LogP contribution in [0.1, 0.15) is 5.56 Å². The van der Waals surface area contributed by atoms with Crippen molar-refractivity contribution in [1.82, 2.24) is 9.97 Å². The van der Waals surface area contributed by atoms with Crippen molar-refractivity contribution < 1.29 is 19.3 Å². The van der Waals surface area contributed by atoms with Crippen molar-refractivity contribution >= 4 is 5.82 Å². The van der Waals surface area contributed by atoms with Crippen LogP contribution in [0, 0.1) is 6.92 Å². The largest absolute Gasteiger partial charge is 0.394 e. The number of rotatable bonds is 3. The Bertz CT molecular complexity index is 480. The van der Waals surface area contributed by atoms with Gasteiger partial charge in [0.15, 0.2) is 12.4 Å². The number of nitrogens with one attached hydrogen (secondary N) is 2. The number of H-pyrrole nitrogens is 1. The normalized spacial score (nSPS) is 31.6. The topological polar surface area (TPSA) is 107 Å². The molecule has 2 heterocycles. The molecule has 18 heavy (non-hydrogen) atoms. The first kappa shape index (κ1) is 12.9. The second-order valence-electron chi connectivity index (χ2n) is 4.06. The Hall–Kier alpha value is -1.51. The number of aromatic nitrogens is 2. The molecule has 100 valence electrons. The molecule has 0 aliphatic carbocycles. The van der Waals surface area contributed by atoms with Gasteiger partial charge in [0.1, 0.15) is 18.0 Å². The van der Waals surface area contributed by atoms with E-state index in [9.17, 15) is 14.3 Å². The molecule has 1 aromatic rings. The number of aliphatic hydroxyl groups excluding tert-OH is 2. The van der Waals surface area contributed by atoms with Crippen LogP contribution in [0.25, 0.3) is 0 Å². The number of hydrogen-bond acceptors (Lipinski definition) is 6. The van der Waals surface area contributed by atoms with E-state index in [1.807, 2.05) is 0 Å². The predicted molar refractivity (Wildman–Crippen MR) is 59.9 cm³/mol. The van der Waals surface area contributed by atoms with E-state index in [-0.39, 0.29) is 16.9 Å². The van der Waals surface area contributed by atoms with Gasteiger partial charge in [0, 0.05) is 0 Å². The number of nitrogens with zero attached hydrogens (tertiary/aromatic N) is 1. The lowest BCUT2D eigenvalue weighted by molar-refractivity contribution is -0.0151. The summed E-state index contributed by atoms with van der Waals surface area (Å²) in [5.74, 6) is 0.178. The van der Waals surface area contributed by atoms with Crippen molar-refractivity contribution in [1.29, 1.82) is 0 Å². The van der Waals surface area contributed by atoms with Crippen molar-refractivity contribution in [2.75, 3.05) is 11.9 Å². The highest BCUT2D eigenvalue weighted by Crippen LogP contribution is 2.25. The van der Waals surface area contributed by atoms with Crippen molar-refractivity contribution in [2.45, 2.75) is 31.5 Å². The van der Waals surface area contributed by atoms with Gasteiger partial charge in [0.05, 0.1) is 18.5 Å². The average Bonchev–Trinajstić information content (AvgIpc) is 2.63. The van der Waals surface area contributed by atoms with E-state index < -0.39 is 31.2 Å². The number of aliphatic hydroxyl groups is 2. The number of ether oxygens (including phenoxy) is 1. The van der Waals surface area contributed by atoms with Crippen molar-refractivity contribution in [2.24, 2.45) is 0 Å². The minimum Gasteiger partial charge on any atom is -0.394 e. The summed E-state index contributed by atoms with van der Waals surface area (Å²) in [7, 11) is 0. The lowest BCUT2D eigenvalue weighted by Gasteiger charge is -2.16. The number of aromatic amines is 1. The Labute approximate surface area is 102 Å². The maximum Gasteiger partial charge on any atom is 0.255 e. The molecular weight excluding hydrogens is 245 g/mol. The van der Waals surface area contributed by atoms with Crippen LogP contribution in [0.15, 0.2) is 11.1 Å². The molecule has 1 aromatic heterocycles. The molecule has 1 aliphatic heterocycles. The first-order valence-electron chi connectivity index (χ1n) is 5.44. The highest BCUT2D eigenvalue weighted by atomic mass is 19.1. The van der Waals surface area contributed by atoms with Gasteiger partial charge in [0.2, 0.25) is 0 Å². The molecule has 0 unspecified atom stereocenters. The summed E-state index contributed by atoms with van der Waals surface area (Å²) in [5, 5.41) is 20.9. The van der Waals surface area contributed by atoms with Crippen LogP contribution in [0.4, 0.5) is 10.2 Å².